The summed E-state index contributed by atoms with van der Waals surface area (Å²) in [5.41, 5.74) is 3.06. The molecule has 0 saturated heterocycles. The molecule has 0 bridgehead atoms. The molecule has 1 saturated carbocycles. The molecule has 19 heavy (non-hydrogen) atoms. The van der Waals surface area contributed by atoms with Crippen molar-refractivity contribution >= 4 is 0 Å². The number of hydrogen-bond donors (Lipinski definition) is 1. The maximum absolute atomic E-state index is 10.6. The van der Waals surface area contributed by atoms with Crippen LogP contribution in [0.4, 0.5) is 0 Å². The molecule has 1 nitrogen and oxygen atoms in total. The fourth-order valence-corrected chi connectivity index (χ4v) is 4.26. The number of aliphatic hydroxyl groups is 1. The van der Waals surface area contributed by atoms with Crippen molar-refractivity contribution in [2.24, 2.45) is 17.8 Å². The minimum absolute atomic E-state index is 0.0777. The molecule has 1 fully saturated rings. The Morgan fingerprint density at radius 3 is 2.68 bits per heavy atom. The summed E-state index contributed by atoms with van der Waals surface area (Å²) < 4.78 is 0. The van der Waals surface area contributed by atoms with E-state index in [4.69, 9.17) is 0 Å². The molecule has 3 rings (SSSR count). The Labute approximate surface area is 117 Å². The van der Waals surface area contributed by atoms with Crippen LogP contribution in [0.2, 0.25) is 0 Å². The number of benzene rings is 1. The number of rotatable bonds is 5. The summed E-state index contributed by atoms with van der Waals surface area (Å²) in [7, 11) is 0. The molecule has 1 aromatic carbocycles. The second kappa shape index (κ2) is 5.28. The van der Waals surface area contributed by atoms with Gasteiger partial charge in [-0.15, -0.1) is 0 Å². The highest BCUT2D eigenvalue weighted by atomic mass is 16.3. The van der Waals surface area contributed by atoms with Gasteiger partial charge in [-0.25, -0.2) is 0 Å². The Kier molecular flexibility index (Phi) is 3.66. The molecule has 104 valence electrons. The van der Waals surface area contributed by atoms with Crippen molar-refractivity contribution in [3.05, 3.63) is 35.4 Å². The van der Waals surface area contributed by atoms with Gasteiger partial charge in [0.05, 0.1) is 6.10 Å². The molecule has 1 aromatic rings. The first-order valence-electron chi connectivity index (χ1n) is 8.02. The van der Waals surface area contributed by atoms with E-state index in [0.29, 0.717) is 17.8 Å². The minimum atomic E-state index is -0.0777. The van der Waals surface area contributed by atoms with Gasteiger partial charge in [0, 0.05) is 0 Å². The standard InChI is InChI=1S/C18H26O/c1-3-12(4-2)11-16(19)18-15-10-9-13-7-5-6-8-14(13)17(15)18/h5-8,12,15-19H,3-4,9-11H2,1-2H3. The molecule has 2 aliphatic rings. The Balaban J connectivity index is 1.70. The summed E-state index contributed by atoms with van der Waals surface area (Å²) in [4.78, 5) is 0. The van der Waals surface area contributed by atoms with E-state index in [1.54, 1.807) is 0 Å². The van der Waals surface area contributed by atoms with Crippen LogP contribution >= 0.6 is 0 Å². The normalized spacial score (nSPS) is 29.8. The summed E-state index contributed by atoms with van der Waals surface area (Å²) in [6.45, 7) is 4.49. The quantitative estimate of drug-likeness (QED) is 0.841. The molecule has 2 aliphatic carbocycles. The third-order valence-corrected chi connectivity index (χ3v) is 5.56. The maximum Gasteiger partial charge on any atom is 0.0579 e. The van der Waals surface area contributed by atoms with Gasteiger partial charge in [0.15, 0.2) is 0 Å². The van der Waals surface area contributed by atoms with E-state index in [1.807, 2.05) is 0 Å². The highest BCUT2D eigenvalue weighted by Gasteiger charge is 2.55. The first-order chi connectivity index (χ1) is 9.26. The average molecular weight is 258 g/mol. The van der Waals surface area contributed by atoms with Gasteiger partial charge >= 0.3 is 0 Å². The van der Waals surface area contributed by atoms with E-state index in [-0.39, 0.29) is 6.10 Å². The van der Waals surface area contributed by atoms with Crippen molar-refractivity contribution in [1.82, 2.24) is 0 Å². The topological polar surface area (TPSA) is 20.2 Å². The van der Waals surface area contributed by atoms with Gasteiger partial charge in [-0.05, 0) is 54.1 Å². The second-order valence-corrected chi connectivity index (χ2v) is 6.49. The Morgan fingerprint density at radius 1 is 1.21 bits per heavy atom. The van der Waals surface area contributed by atoms with Crippen molar-refractivity contribution in [2.75, 3.05) is 0 Å². The molecule has 0 spiro atoms. The van der Waals surface area contributed by atoms with Crippen LogP contribution < -0.4 is 0 Å². The minimum Gasteiger partial charge on any atom is -0.393 e. The van der Waals surface area contributed by atoms with Crippen molar-refractivity contribution in [1.29, 1.82) is 0 Å². The highest BCUT2D eigenvalue weighted by molar-refractivity contribution is 5.39. The van der Waals surface area contributed by atoms with E-state index < -0.39 is 0 Å². The summed E-state index contributed by atoms with van der Waals surface area (Å²) >= 11 is 0. The van der Waals surface area contributed by atoms with E-state index in [1.165, 1.54) is 36.8 Å². The van der Waals surface area contributed by atoms with Gasteiger partial charge in [-0.3, -0.25) is 0 Å². The molecule has 0 radical (unpaired) electrons. The van der Waals surface area contributed by atoms with Crippen LogP contribution in [0.25, 0.3) is 0 Å². The molecular formula is C18H26O. The lowest BCUT2D eigenvalue weighted by molar-refractivity contribution is 0.111. The molecule has 4 unspecified atom stereocenters. The number of hydrogen-bond acceptors (Lipinski definition) is 1. The van der Waals surface area contributed by atoms with Crippen LogP contribution in [-0.4, -0.2) is 11.2 Å². The smallest absolute Gasteiger partial charge is 0.0579 e. The van der Waals surface area contributed by atoms with Crippen LogP contribution in [-0.2, 0) is 6.42 Å². The molecule has 0 aromatic heterocycles. The number of aryl methyl sites for hydroxylation is 1. The number of fused-ring (bicyclic) bond motifs is 3. The Bertz CT molecular complexity index is 435. The fraction of sp³-hybridized carbons (Fsp3) is 0.667. The molecule has 4 atom stereocenters. The molecule has 1 N–H and O–H groups in total. The zero-order valence-electron chi connectivity index (χ0n) is 12.2. The van der Waals surface area contributed by atoms with Gasteiger partial charge in [0.1, 0.15) is 0 Å². The molecule has 0 aliphatic heterocycles. The van der Waals surface area contributed by atoms with Gasteiger partial charge < -0.3 is 5.11 Å². The molecular weight excluding hydrogens is 232 g/mol. The van der Waals surface area contributed by atoms with E-state index in [9.17, 15) is 5.11 Å². The first-order valence-corrected chi connectivity index (χ1v) is 8.02. The average Bonchev–Trinajstić information content (AvgIpc) is 3.19. The van der Waals surface area contributed by atoms with E-state index >= 15 is 0 Å². The first kappa shape index (κ1) is 13.2. The SMILES string of the molecule is CCC(CC)CC(O)C1C2CCc3ccccc3C21. The van der Waals surface area contributed by atoms with Crippen molar-refractivity contribution in [3.63, 3.8) is 0 Å². The van der Waals surface area contributed by atoms with Gasteiger partial charge in [-0.2, -0.15) is 0 Å². The van der Waals surface area contributed by atoms with Crippen LogP contribution in [0, 0.1) is 17.8 Å². The lowest BCUT2D eigenvalue weighted by Crippen LogP contribution is -2.16. The Morgan fingerprint density at radius 2 is 1.95 bits per heavy atom. The monoisotopic (exact) mass is 258 g/mol. The predicted octanol–water partition coefficient (Wildman–Crippen LogP) is 4.15. The number of aliphatic hydroxyl groups excluding tert-OH is 1. The van der Waals surface area contributed by atoms with Crippen molar-refractivity contribution in [3.8, 4) is 0 Å². The van der Waals surface area contributed by atoms with E-state index in [2.05, 4.69) is 38.1 Å². The van der Waals surface area contributed by atoms with Crippen LogP contribution in [0.15, 0.2) is 24.3 Å². The highest BCUT2D eigenvalue weighted by Crippen LogP contribution is 2.61. The Hall–Kier alpha value is -0.820. The fourth-order valence-electron chi connectivity index (χ4n) is 4.26. The second-order valence-electron chi connectivity index (χ2n) is 6.49. The predicted molar refractivity (Wildman–Crippen MR) is 79.2 cm³/mol. The largest absolute Gasteiger partial charge is 0.393 e. The summed E-state index contributed by atoms with van der Waals surface area (Å²) in [6, 6.07) is 8.87. The van der Waals surface area contributed by atoms with Gasteiger partial charge in [0.2, 0.25) is 0 Å². The maximum atomic E-state index is 10.6. The van der Waals surface area contributed by atoms with Crippen LogP contribution in [0.3, 0.4) is 0 Å². The zero-order valence-corrected chi connectivity index (χ0v) is 12.2. The lowest BCUT2D eigenvalue weighted by atomic mass is 9.91. The molecule has 0 amide bonds. The summed E-state index contributed by atoms with van der Waals surface area (Å²) in [5.74, 6) is 2.67. The molecule has 1 heteroatoms. The van der Waals surface area contributed by atoms with E-state index in [0.717, 1.165) is 12.3 Å². The van der Waals surface area contributed by atoms with Crippen molar-refractivity contribution in [2.45, 2.75) is 58.0 Å². The third kappa shape index (κ3) is 2.33. The summed E-state index contributed by atoms with van der Waals surface area (Å²) in [5, 5.41) is 10.6. The van der Waals surface area contributed by atoms with Gasteiger partial charge in [0.25, 0.3) is 0 Å². The zero-order chi connectivity index (χ0) is 13.4. The molecule has 0 heterocycles. The van der Waals surface area contributed by atoms with Gasteiger partial charge in [-0.1, -0.05) is 51.0 Å². The third-order valence-electron chi connectivity index (χ3n) is 5.56. The van der Waals surface area contributed by atoms with Crippen LogP contribution in [0.1, 0.15) is 56.6 Å². The lowest BCUT2D eigenvalue weighted by Gasteiger charge is -2.17. The van der Waals surface area contributed by atoms with Crippen LogP contribution in [0.5, 0.6) is 0 Å². The van der Waals surface area contributed by atoms with Crippen molar-refractivity contribution < 1.29 is 5.11 Å². The summed E-state index contributed by atoms with van der Waals surface area (Å²) in [6.07, 6.45) is 5.83.